The Morgan fingerprint density at radius 1 is 1.30 bits per heavy atom. The highest BCUT2D eigenvalue weighted by molar-refractivity contribution is 7.80. The molecule has 0 amide bonds. The lowest BCUT2D eigenvalue weighted by Crippen LogP contribution is -2.27. The van der Waals surface area contributed by atoms with Crippen molar-refractivity contribution in [3.63, 3.8) is 0 Å². The van der Waals surface area contributed by atoms with Crippen LogP contribution in [0, 0.1) is 6.92 Å². The molecule has 1 aromatic heterocycles. The van der Waals surface area contributed by atoms with Gasteiger partial charge in [-0.1, -0.05) is 36.5 Å². The lowest BCUT2D eigenvalue weighted by Gasteiger charge is -2.10. The second-order valence-corrected chi connectivity index (χ2v) is 5.01. The van der Waals surface area contributed by atoms with Gasteiger partial charge in [0.1, 0.15) is 6.61 Å². The molecule has 1 aromatic carbocycles. The van der Waals surface area contributed by atoms with Crippen LogP contribution in [0.15, 0.2) is 47.4 Å². The van der Waals surface area contributed by atoms with E-state index in [2.05, 4.69) is 0 Å². The van der Waals surface area contributed by atoms with Crippen molar-refractivity contribution < 1.29 is 4.74 Å². The monoisotopic (exact) mass is 288 g/mol. The van der Waals surface area contributed by atoms with E-state index < -0.39 is 0 Å². The van der Waals surface area contributed by atoms with Gasteiger partial charge < -0.3 is 15.0 Å². The molecule has 0 radical (unpaired) electrons. The number of aromatic nitrogens is 1. The Kier molecular flexibility index (Phi) is 4.53. The molecule has 0 saturated heterocycles. The zero-order valence-electron chi connectivity index (χ0n) is 11.2. The number of pyridine rings is 1. The molecular formula is C15H16N2O2S. The predicted octanol–water partition coefficient (Wildman–Crippen LogP) is 2.02. The van der Waals surface area contributed by atoms with Gasteiger partial charge in [-0.2, -0.15) is 0 Å². The van der Waals surface area contributed by atoms with E-state index >= 15 is 0 Å². The van der Waals surface area contributed by atoms with Crippen LogP contribution in [-0.2, 0) is 13.2 Å². The van der Waals surface area contributed by atoms with Crippen LogP contribution in [0.4, 0.5) is 0 Å². The number of benzene rings is 1. The first-order valence-electron chi connectivity index (χ1n) is 6.23. The molecule has 0 spiro atoms. The van der Waals surface area contributed by atoms with Gasteiger partial charge in [0.05, 0.1) is 11.5 Å². The molecule has 104 valence electrons. The van der Waals surface area contributed by atoms with Crippen LogP contribution in [0.25, 0.3) is 0 Å². The molecule has 5 heteroatoms. The van der Waals surface area contributed by atoms with E-state index in [0.29, 0.717) is 12.4 Å². The number of nitrogens with zero attached hydrogens (tertiary/aromatic N) is 1. The first-order chi connectivity index (χ1) is 9.58. The van der Waals surface area contributed by atoms with Crippen LogP contribution in [0.5, 0.6) is 5.75 Å². The minimum atomic E-state index is -0.228. The molecule has 0 saturated carbocycles. The summed E-state index contributed by atoms with van der Waals surface area (Å²) in [6.07, 6.45) is 1.64. The van der Waals surface area contributed by atoms with Gasteiger partial charge in [0.15, 0.2) is 5.75 Å². The number of aryl methyl sites for hydroxylation is 1. The Balaban J connectivity index is 2.16. The van der Waals surface area contributed by atoms with E-state index in [1.165, 1.54) is 4.57 Å². The Hall–Kier alpha value is -2.14. The standard InChI is InChI=1S/C15H16N2O2S/c1-11-5-2-3-6-12(11)10-19-13-7-4-8-17(15(13)18)9-14(16)20/h2-8H,9-10H2,1H3,(H2,16,20). The van der Waals surface area contributed by atoms with E-state index in [0.717, 1.165) is 11.1 Å². The van der Waals surface area contributed by atoms with Gasteiger partial charge in [-0.05, 0) is 30.2 Å². The Morgan fingerprint density at radius 2 is 2.05 bits per heavy atom. The van der Waals surface area contributed by atoms with Crippen LogP contribution in [0.2, 0.25) is 0 Å². The quantitative estimate of drug-likeness (QED) is 0.855. The number of ether oxygens (including phenoxy) is 1. The van der Waals surface area contributed by atoms with E-state index in [1.54, 1.807) is 18.3 Å². The third-order valence-electron chi connectivity index (χ3n) is 2.96. The second kappa shape index (κ2) is 6.34. The number of thiocarbonyl (C=S) groups is 1. The van der Waals surface area contributed by atoms with Crippen LogP contribution < -0.4 is 16.0 Å². The summed E-state index contributed by atoms with van der Waals surface area (Å²) in [4.78, 5) is 12.4. The molecule has 2 aromatic rings. The number of hydrogen-bond donors (Lipinski definition) is 1. The highest BCUT2D eigenvalue weighted by atomic mass is 32.1. The van der Waals surface area contributed by atoms with Gasteiger partial charge in [0.25, 0.3) is 5.56 Å². The summed E-state index contributed by atoms with van der Waals surface area (Å²) >= 11 is 4.82. The normalized spacial score (nSPS) is 10.2. The molecule has 0 atom stereocenters. The molecule has 0 aliphatic heterocycles. The van der Waals surface area contributed by atoms with Crippen molar-refractivity contribution in [2.45, 2.75) is 20.1 Å². The maximum absolute atomic E-state index is 12.1. The third kappa shape index (κ3) is 3.45. The van der Waals surface area contributed by atoms with Crippen molar-refractivity contribution in [1.29, 1.82) is 0 Å². The second-order valence-electron chi connectivity index (χ2n) is 4.49. The lowest BCUT2D eigenvalue weighted by molar-refractivity contribution is 0.299. The molecular weight excluding hydrogens is 272 g/mol. The van der Waals surface area contributed by atoms with Gasteiger partial charge in [0.2, 0.25) is 0 Å². The van der Waals surface area contributed by atoms with Gasteiger partial charge in [-0.3, -0.25) is 4.79 Å². The van der Waals surface area contributed by atoms with Crippen molar-refractivity contribution >= 4 is 17.2 Å². The molecule has 2 rings (SSSR count). The molecule has 20 heavy (non-hydrogen) atoms. The minimum absolute atomic E-state index is 0.218. The minimum Gasteiger partial charge on any atom is -0.483 e. The number of rotatable bonds is 5. The fraction of sp³-hybridized carbons (Fsp3) is 0.200. The summed E-state index contributed by atoms with van der Waals surface area (Å²) in [7, 11) is 0. The lowest BCUT2D eigenvalue weighted by atomic mass is 10.1. The molecule has 1 heterocycles. The average molecular weight is 288 g/mol. The molecule has 0 aliphatic carbocycles. The zero-order valence-corrected chi connectivity index (χ0v) is 12.0. The summed E-state index contributed by atoms with van der Waals surface area (Å²) < 4.78 is 7.05. The van der Waals surface area contributed by atoms with Gasteiger partial charge >= 0.3 is 0 Å². The molecule has 0 fully saturated rings. The van der Waals surface area contributed by atoms with E-state index in [9.17, 15) is 4.79 Å². The summed E-state index contributed by atoms with van der Waals surface area (Å²) in [5.74, 6) is 0.298. The molecule has 2 N–H and O–H groups in total. The van der Waals surface area contributed by atoms with Gasteiger partial charge in [0, 0.05) is 6.20 Å². The van der Waals surface area contributed by atoms with Crippen LogP contribution in [0.1, 0.15) is 11.1 Å². The summed E-state index contributed by atoms with van der Waals surface area (Å²) in [5, 5.41) is 0. The fourth-order valence-corrected chi connectivity index (χ4v) is 1.98. The van der Waals surface area contributed by atoms with Crippen LogP contribution in [0.3, 0.4) is 0 Å². The smallest absolute Gasteiger partial charge is 0.293 e. The fourth-order valence-electron chi connectivity index (χ4n) is 1.84. The topological polar surface area (TPSA) is 57.2 Å². The highest BCUT2D eigenvalue weighted by Crippen LogP contribution is 2.11. The van der Waals surface area contributed by atoms with Gasteiger partial charge in [-0.15, -0.1) is 0 Å². The predicted molar refractivity (Wildman–Crippen MR) is 83.0 cm³/mol. The van der Waals surface area contributed by atoms with E-state index in [1.807, 2.05) is 31.2 Å². The molecule has 0 aliphatic rings. The first-order valence-corrected chi connectivity index (χ1v) is 6.64. The molecule has 4 nitrogen and oxygen atoms in total. The maximum atomic E-state index is 12.1. The van der Waals surface area contributed by atoms with Crippen molar-refractivity contribution in [2.24, 2.45) is 5.73 Å². The highest BCUT2D eigenvalue weighted by Gasteiger charge is 2.06. The van der Waals surface area contributed by atoms with Gasteiger partial charge in [-0.25, -0.2) is 0 Å². The Bertz CT molecular complexity index is 680. The van der Waals surface area contributed by atoms with Crippen molar-refractivity contribution in [3.05, 3.63) is 64.1 Å². The molecule has 0 unspecified atom stereocenters. The van der Waals surface area contributed by atoms with Crippen molar-refractivity contribution in [1.82, 2.24) is 4.57 Å². The molecule has 0 bridgehead atoms. The summed E-state index contributed by atoms with van der Waals surface area (Å²) in [6, 6.07) is 11.3. The zero-order chi connectivity index (χ0) is 14.5. The Labute approximate surface area is 122 Å². The SMILES string of the molecule is Cc1ccccc1COc1cccn(CC(N)=S)c1=O. The summed E-state index contributed by atoms with van der Waals surface area (Å²) in [5.41, 5.74) is 7.42. The van der Waals surface area contributed by atoms with Crippen LogP contribution in [-0.4, -0.2) is 9.56 Å². The third-order valence-corrected chi connectivity index (χ3v) is 3.08. The summed E-state index contributed by atoms with van der Waals surface area (Å²) in [6.45, 7) is 2.59. The average Bonchev–Trinajstić information content (AvgIpc) is 2.41. The first kappa shape index (κ1) is 14.3. The number of hydrogen-bond acceptors (Lipinski definition) is 3. The number of nitrogens with two attached hydrogens (primary N) is 1. The van der Waals surface area contributed by atoms with Crippen molar-refractivity contribution in [2.75, 3.05) is 0 Å². The maximum Gasteiger partial charge on any atom is 0.293 e. The van der Waals surface area contributed by atoms with E-state index in [-0.39, 0.29) is 17.1 Å². The van der Waals surface area contributed by atoms with Crippen molar-refractivity contribution in [3.8, 4) is 5.75 Å². The van der Waals surface area contributed by atoms with Crippen LogP contribution >= 0.6 is 12.2 Å². The van der Waals surface area contributed by atoms with E-state index in [4.69, 9.17) is 22.7 Å². The Morgan fingerprint density at radius 3 is 2.75 bits per heavy atom. The largest absolute Gasteiger partial charge is 0.483 e.